The zero-order valence-corrected chi connectivity index (χ0v) is 16.8. The van der Waals surface area contributed by atoms with Gasteiger partial charge in [-0.05, 0) is 55.0 Å². The Morgan fingerprint density at radius 2 is 1.93 bits per heavy atom. The predicted octanol–water partition coefficient (Wildman–Crippen LogP) is 2.62. The molecular formula is C23H27N3O3. The molecule has 1 heterocycles. The molecule has 152 valence electrons. The van der Waals surface area contributed by atoms with Crippen molar-refractivity contribution in [1.29, 1.82) is 0 Å². The maximum atomic E-state index is 13.0. The number of fused-ring (bicyclic) bond motifs is 1. The summed E-state index contributed by atoms with van der Waals surface area (Å²) in [6, 6.07) is 15.4. The van der Waals surface area contributed by atoms with Crippen molar-refractivity contribution in [2.75, 3.05) is 7.11 Å². The van der Waals surface area contributed by atoms with Gasteiger partial charge >= 0.3 is 5.97 Å². The molecule has 0 saturated carbocycles. The van der Waals surface area contributed by atoms with Gasteiger partial charge in [0.15, 0.2) is 0 Å². The van der Waals surface area contributed by atoms with Crippen molar-refractivity contribution in [2.24, 2.45) is 0 Å². The van der Waals surface area contributed by atoms with E-state index in [4.69, 9.17) is 4.74 Å². The van der Waals surface area contributed by atoms with Crippen molar-refractivity contribution in [3.63, 3.8) is 0 Å². The molecule has 2 aromatic rings. The number of amides is 1. The zero-order chi connectivity index (χ0) is 20.4. The van der Waals surface area contributed by atoms with Gasteiger partial charge < -0.3 is 10.1 Å². The smallest absolute Gasteiger partial charge is 0.324 e. The third-order valence-corrected chi connectivity index (χ3v) is 6.03. The van der Waals surface area contributed by atoms with E-state index >= 15 is 0 Å². The topological polar surface area (TPSA) is 79.5 Å². The summed E-state index contributed by atoms with van der Waals surface area (Å²) in [5.74, 6) is -0.527. The van der Waals surface area contributed by atoms with Crippen LogP contribution in [0.1, 0.15) is 58.8 Å². The summed E-state index contributed by atoms with van der Waals surface area (Å²) in [6.07, 6.45) is 3.08. The minimum Gasteiger partial charge on any atom is -0.468 e. The standard InChI is InChI=1S/C23H27N3O3/c1-14-20(21(26-25-14)23(28)29-2)16-9-5-10-17(13-16)22(27)24-19-12-6-8-15-7-3-4-11-18(15)19/h3-5,7,9-11,13-14,19-21,25-26H,6,8,12H2,1-2H3,(H,24,27). The van der Waals surface area contributed by atoms with Gasteiger partial charge in [-0.15, -0.1) is 0 Å². The highest BCUT2D eigenvalue weighted by Gasteiger charge is 2.39. The van der Waals surface area contributed by atoms with Crippen molar-refractivity contribution in [2.45, 2.75) is 50.2 Å². The Balaban J connectivity index is 1.55. The zero-order valence-electron chi connectivity index (χ0n) is 16.8. The second kappa shape index (κ2) is 8.35. The Kier molecular flexibility index (Phi) is 5.65. The summed E-state index contributed by atoms with van der Waals surface area (Å²) < 4.78 is 4.92. The van der Waals surface area contributed by atoms with Gasteiger partial charge in [-0.1, -0.05) is 36.4 Å². The van der Waals surface area contributed by atoms with Crippen LogP contribution in [-0.2, 0) is 16.0 Å². The molecule has 0 aromatic heterocycles. The van der Waals surface area contributed by atoms with Crippen LogP contribution in [0.25, 0.3) is 0 Å². The summed E-state index contributed by atoms with van der Waals surface area (Å²) >= 11 is 0. The van der Waals surface area contributed by atoms with E-state index in [1.807, 2.05) is 37.3 Å². The van der Waals surface area contributed by atoms with E-state index in [2.05, 4.69) is 34.4 Å². The van der Waals surface area contributed by atoms with Crippen molar-refractivity contribution in [3.05, 3.63) is 70.8 Å². The summed E-state index contributed by atoms with van der Waals surface area (Å²) in [7, 11) is 1.38. The van der Waals surface area contributed by atoms with E-state index in [0.29, 0.717) is 5.56 Å². The minimum absolute atomic E-state index is 0.0302. The number of rotatable bonds is 4. The van der Waals surface area contributed by atoms with Crippen LogP contribution < -0.4 is 16.2 Å². The lowest BCUT2D eigenvalue weighted by molar-refractivity contribution is -0.143. The SMILES string of the molecule is COC(=O)C1NNC(C)C1c1cccc(C(=O)NC2CCCc3ccccc32)c1. The molecule has 2 aliphatic rings. The van der Waals surface area contributed by atoms with Crippen LogP contribution in [-0.4, -0.2) is 31.1 Å². The van der Waals surface area contributed by atoms with Gasteiger partial charge in [0.1, 0.15) is 6.04 Å². The monoisotopic (exact) mass is 393 g/mol. The fourth-order valence-electron chi connectivity index (χ4n) is 4.54. The van der Waals surface area contributed by atoms with Crippen molar-refractivity contribution >= 4 is 11.9 Å². The molecule has 29 heavy (non-hydrogen) atoms. The molecule has 6 nitrogen and oxygen atoms in total. The van der Waals surface area contributed by atoms with Gasteiger partial charge in [0.25, 0.3) is 5.91 Å². The summed E-state index contributed by atoms with van der Waals surface area (Å²) in [5.41, 5.74) is 10.2. The molecule has 4 unspecified atom stereocenters. The number of esters is 1. The number of hydrazine groups is 1. The number of ether oxygens (including phenoxy) is 1. The Labute approximate surface area is 171 Å². The number of benzene rings is 2. The highest BCUT2D eigenvalue weighted by molar-refractivity contribution is 5.94. The van der Waals surface area contributed by atoms with Gasteiger partial charge in [0.2, 0.25) is 0 Å². The second-order valence-corrected chi connectivity index (χ2v) is 7.85. The first kappa shape index (κ1) is 19.6. The average Bonchev–Trinajstić information content (AvgIpc) is 3.15. The third-order valence-electron chi connectivity index (χ3n) is 6.03. The summed E-state index contributed by atoms with van der Waals surface area (Å²) in [5, 5.41) is 3.20. The largest absolute Gasteiger partial charge is 0.468 e. The fourth-order valence-corrected chi connectivity index (χ4v) is 4.54. The van der Waals surface area contributed by atoms with Crippen molar-refractivity contribution in [1.82, 2.24) is 16.2 Å². The first-order valence-corrected chi connectivity index (χ1v) is 10.2. The molecule has 1 amide bonds. The molecular weight excluding hydrogens is 366 g/mol. The molecule has 0 bridgehead atoms. The number of hydrogen-bond donors (Lipinski definition) is 3. The lowest BCUT2D eigenvalue weighted by Crippen LogP contribution is -2.39. The molecule has 0 spiro atoms. The van der Waals surface area contributed by atoms with Crippen molar-refractivity contribution < 1.29 is 14.3 Å². The number of aryl methyl sites for hydroxylation is 1. The minimum atomic E-state index is -0.487. The lowest BCUT2D eigenvalue weighted by atomic mass is 9.86. The Morgan fingerprint density at radius 3 is 2.76 bits per heavy atom. The Bertz CT molecular complexity index is 914. The van der Waals surface area contributed by atoms with E-state index in [9.17, 15) is 9.59 Å². The normalized spacial score (nSPS) is 25.9. The highest BCUT2D eigenvalue weighted by Crippen LogP contribution is 2.31. The quantitative estimate of drug-likeness (QED) is 0.696. The first-order chi connectivity index (χ1) is 14.1. The lowest BCUT2D eigenvalue weighted by Gasteiger charge is -2.26. The fraction of sp³-hybridized carbons (Fsp3) is 0.391. The molecule has 1 aliphatic carbocycles. The van der Waals surface area contributed by atoms with Gasteiger partial charge in [-0.25, -0.2) is 5.43 Å². The molecule has 0 radical (unpaired) electrons. The van der Waals surface area contributed by atoms with Gasteiger partial charge in [0, 0.05) is 17.5 Å². The number of carbonyl (C=O) groups excluding carboxylic acids is 2. The second-order valence-electron chi connectivity index (χ2n) is 7.85. The number of methoxy groups -OCH3 is 1. The van der Waals surface area contributed by atoms with E-state index in [1.54, 1.807) is 0 Å². The van der Waals surface area contributed by atoms with Crippen LogP contribution in [0.15, 0.2) is 48.5 Å². The molecule has 1 aliphatic heterocycles. The van der Waals surface area contributed by atoms with E-state index in [1.165, 1.54) is 18.2 Å². The number of carbonyl (C=O) groups is 2. The number of hydrogen-bond acceptors (Lipinski definition) is 5. The van der Waals surface area contributed by atoms with E-state index < -0.39 is 6.04 Å². The average molecular weight is 393 g/mol. The van der Waals surface area contributed by atoms with E-state index in [0.717, 1.165) is 24.8 Å². The maximum Gasteiger partial charge on any atom is 0.324 e. The van der Waals surface area contributed by atoms with Crippen LogP contribution >= 0.6 is 0 Å². The summed E-state index contributed by atoms with van der Waals surface area (Å²) in [6.45, 7) is 2.01. The maximum absolute atomic E-state index is 13.0. The molecule has 6 heteroatoms. The Morgan fingerprint density at radius 1 is 1.10 bits per heavy atom. The van der Waals surface area contributed by atoms with Crippen LogP contribution in [0.4, 0.5) is 0 Å². The predicted molar refractivity (Wildman–Crippen MR) is 110 cm³/mol. The van der Waals surface area contributed by atoms with E-state index in [-0.39, 0.29) is 29.9 Å². The molecule has 3 N–H and O–H groups in total. The number of nitrogens with one attached hydrogen (secondary N) is 3. The highest BCUT2D eigenvalue weighted by atomic mass is 16.5. The molecule has 4 rings (SSSR count). The first-order valence-electron chi connectivity index (χ1n) is 10.2. The van der Waals surface area contributed by atoms with Crippen LogP contribution in [0.3, 0.4) is 0 Å². The summed E-state index contributed by atoms with van der Waals surface area (Å²) in [4.78, 5) is 25.1. The van der Waals surface area contributed by atoms with Gasteiger partial charge in [0.05, 0.1) is 13.2 Å². The van der Waals surface area contributed by atoms with Crippen LogP contribution in [0, 0.1) is 0 Å². The van der Waals surface area contributed by atoms with Gasteiger partial charge in [-0.3, -0.25) is 15.0 Å². The van der Waals surface area contributed by atoms with Crippen LogP contribution in [0.2, 0.25) is 0 Å². The van der Waals surface area contributed by atoms with Gasteiger partial charge in [-0.2, -0.15) is 0 Å². The third kappa shape index (κ3) is 3.91. The molecule has 2 aromatic carbocycles. The molecule has 4 atom stereocenters. The van der Waals surface area contributed by atoms with Crippen LogP contribution in [0.5, 0.6) is 0 Å². The Hall–Kier alpha value is -2.70. The van der Waals surface area contributed by atoms with Crippen molar-refractivity contribution in [3.8, 4) is 0 Å². The molecule has 1 saturated heterocycles. The molecule has 1 fully saturated rings.